The second-order valence-electron chi connectivity index (χ2n) is 5.47. The van der Waals surface area contributed by atoms with Crippen molar-refractivity contribution in [1.29, 1.82) is 0 Å². The molecule has 0 atom stereocenters. The highest BCUT2D eigenvalue weighted by molar-refractivity contribution is 5.82. The molecule has 3 aromatic rings. The van der Waals surface area contributed by atoms with E-state index in [4.69, 9.17) is 4.74 Å². The summed E-state index contributed by atoms with van der Waals surface area (Å²) in [5.74, 6) is 0.891. The third kappa shape index (κ3) is 4.10. The maximum absolute atomic E-state index is 5.24. The summed E-state index contributed by atoms with van der Waals surface area (Å²) >= 11 is 0. The van der Waals surface area contributed by atoms with Crippen LogP contribution in [0.5, 0.6) is 5.75 Å². The second-order valence-corrected chi connectivity index (χ2v) is 5.47. The van der Waals surface area contributed by atoms with E-state index in [1.807, 2.05) is 18.2 Å². The van der Waals surface area contributed by atoms with Gasteiger partial charge in [0.25, 0.3) is 0 Å². The van der Waals surface area contributed by atoms with E-state index in [-0.39, 0.29) is 0 Å². The summed E-state index contributed by atoms with van der Waals surface area (Å²) < 4.78 is 5.24. The fraction of sp³-hybridized carbons (Fsp3) is 0.0909. The number of methoxy groups -OCH3 is 1. The van der Waals surface area contributed by atoms with E-state index in [0.29, 0.717) is 0 Å². The highest BCUT2D eigenvalue weighted by atomic mass is 16.5. The summed E-state index contributed by atoms with van der Waals surface area (Å²) in [6, 6.07) is 29.3. The molecule has 0 N–H and O–H groups in total. The molecule has 0 saturated carbocycles. The van der Waals surface area contributed by atoms with Crippen LogP contribution in [0.25, 0.3) is 11.6 Å². The summed E-state index contributed by atoms with van der Waals surface area (Å²) in [6.45, 7) is 0. The first-order valence-corrected chi connectivity index (χ1v) is 7.79. The van der Waals surface area contributed by atoms with Gasteiger partial charge in [0.15, 0.2) is 0 Å². The van der Waals surface area contributed by atoms with Gasteiger partial charge in [0, 0.05) is 0 Å². The van der Waals surface area contributed by atoms with Crippen LogP contribution in [-0.2, 0) is 6.42 Å². The van der Waals surface area contributed by atoms with E-state index < -0.39 is 0 Å². The van der Waals surface area contributed by atoms with E-state index in [0.717, 1.165) is 12.2 Å². The van der Waals surface area contributed by atoms with Gasteiger partial charge in [0.05, 0.1) is 7.11 Å². The van der Waals surface area contributed by atoms with E-state index in [9.17, 15) is 0 Å². The molecule has 0 bridgehead atoms. The average Bonchev–Trinajstić information content (AvgIpc) is 2.63. The van der Waals surface area contributed by atoms with Crippen LogP contribution in [0, 0.1) is 0 Å². The zero-order chi connectivity index (χ0) is 15.9. The van der Waals surface area contributed by atoms with Crippen molar-refractivity contribution in [2.45, 2.75) is 6.42 Å². The normalized spacial score (nSPS) is 11.3. The largest absolute Gasteiger partial charge is 0.497 e. The fourth-order valence-electron chi connectivity index (χ4n) is 2.60. The first-order valence-electron chi connectivity index (χ1n) is 7.79. The van der Waals surface area contributed by atoms with E-state index in [1.54, 1.807) is 7.11 Å². The van der Waals surface area contributed by atoms with Crippen molar-refractivity contribution < 1.29 is 4.74 Å². The lowest BCUT2D eigenvalue weighted by molar-refractivity contribution is 0.414. The Morgan fingerprint density at radius 1 is 0.783 bits per heavy atom. The van der Waals surface area contributed by atoms with Gasteiger partial charge in [-0.1, -0.05) is 78.9 Å². The van der Waals surface area contributed by atoms with Gasteiger partial charge in [-0.25, -0.2) is 0 Å². The summed E-state index contributed by atoms with van der Waals surface area (Å²) in [5.41, 5.74) is 5.06. The summed E-state index contributed by atoms with van der Waals surface area (Å²) in [5, 5.41) is 0. The second kappa shape index (κ2) is 7.46. The standard InChI is InChI=1S/C22H20O/c1-23-22-14-12-19(13-15-22)17-21(20-10-6-3-7-11-20)16-18-8-4-2-5-9-18/h2-16H,17H2,1H3/b21-16-. The predicted octanol–water partition coefficient (Wildman–Crippen LogP) is 5.48. The minimum Gasteiger partial charge on any atom is -0.497 e. The maximum atomic E-state index is 5.24. The molecule has 0 spiro atoms. The zero-order valence-corrected chi connectivity index (χ0v) is 13.3. The van der Waals surface area contributed by atoms with Gasteiger partial charge in [-0.2, -0.15) is 0 Å². The van der Waals surface area contributed by atoms with Crippen molar-refractivity contribution in [3.05, 3.63) is 102 Å². The summed E-state index contributed by atoms with van der Waals surface area (Å²) in [7, 11) is 1.69. The van der Waals surface area contributed by atoms with Gasteiger partial charge in [0.2, 0.25) is 0 Å². The maximum Gasteiger partial charge on any atom is 0.118 e. The molecule has 1 nitrogen and oxygen atoms in total. The predicted molar refractivity (Wildman–Crippen MR) is 97.5 cm³/mol. The molecule has 0 radical (unpaired) electrons. The van der Waals surface area contributed by atoms with Crippen LogP contribution >= 0.6 is 0 Å². The monoisotopic (exact) mass is 300 g/mol. The minimum atomic E-state index is 0.891. The molecule has 3 rings (SSSR count). The van der Waals surface area contributed by atoms with Gasteiger partial charge in [-0.05, 0) is 40.8 Å². The molecule has 0 unspecified atom stereocenters. The molecule has 114 valence electrons. The zero-order valence-electron chi connectivity index (χ0n) is 13.3. The van der Waals surface area contributed by atoms with Crippen LogP contribution in [0.1, 0.15) is 16.7 Å². The van der Waals surface area contributed by atoms with Gasteiger partial charge in [-0.3, -0.25) is 0 Å². The summed E-state index contributed by atoms with van der Waals surface area (Å²) in [4.78, 5) is 0. The van der Waals surface area contributed by atoms with Crippen molar-refractivity contribution in [3.63, 3.8) is 0 Å². The summed E-state index contributed by atoms with van der Waals surface area (Å²) in [6.07, 6.45) is 3.16. The third-order valence-electron chi connectivity index (χ3n) is 3.84. The average molecular weight is 300 g/mol. The van der Waals surface area contributed by atoms with Crippen LogP contribution < -0.4 is 4.74 Å². The van der Waals surface area contributed by atoms with Gasteiger partial charge in [0.1, 0.15) is 5.75 Å². The van der Waals surface area contributed by atoms with Gasteiger partial charge in [-0.15, -0.1) is 0 Å². The number of allylic oxidation sites excluding steroid dienone is 1. The molecule has 0 aliphatic rings. The highest BCUT2D eigenvalue weighted by Crippen LogP contribution is 2.24. The van der Waals surface area contributed by atoms with E-state index in [2.05, 4.69) is 72.8 Å². The molecule has 0 heterocycles. The molecule has 0 amide bonds. The Kier molecular flexibility index (Phi) is 4.90. The third-order valence-corrected chi connectivity index (χ3v) is 3.84. The van der Waals surface area contributed by atoms with Crippen LogP contribution in [0.3, 0.4) is 0 Å². The van der Waals surface area contributed by atoms with Crippen molar-refractivity contribution in [1.82, 2.24) is 0 Å². The van der Waals surface area contributed by atoms with Crippen LogP contribution in [0.15, 0.2) is 84.9 Å². The first kappa shape index (κ1) is 15.1. The van der Waals surface area contributed by atoms with Crippen LogP contribution in [-0.4, -0.2) is 7.11 Å². The number of rotatable bonds is 5. The molecular formula is C22H20O. The Hall–Kier alpha value is -2.80. The quantitative estimate of drug-likeness (QED) is 0.567. The Morgan fingerprint density at radius 3 is 2.00 bits per heavy atom. The van der Waals surface area contributed by atoms with Crippen LogP contribution in [0.2, 0.25) is 0 Å². The molecule has 0 aromatic heterocycles. The number of hydrogen-bond donors (Lipinski definition) is 0. The lowest BCUT2D eigenvalue weighted by Gasteiger charge is -2.10. The van der Waals surface area contributed by atoms with E-state index in [1.165, 1.54) is 22.3 Å². The Balaban J connectivity index is 1.93. The molecule has 1 heteroatoms. The molecule has 0 fully saturated rings. The van der Waals surface area contributed by atoms with Crippen molar-refractivity contribution in [2.75, 3.05) is 7.11 Å². The smallest absolute Gasteiger partial charge is 0.118 e. The van der Waals surface area contributed by atoms with Gasteiger partial charge < -0.3 is 4.74 Å². The first-order chi connectivity index (χ1) is 11.3. The molecule has 0 aliphatic heterocycles. The van der Waals surface area contributed by atoms with Crippen molar-refractivity contribution >= 4 is 11.6 Å². The number of ether oxygens (including phenoxy) is 1. The lowest BCUT2D eigenvalue weighted by Crippen LogP contribution is -1.92. The lowest BCUT2D eigenvalue weighted by atomic mass is 9.96. The number of benzene rings is 3. The Bertz CT molecular complexity index is 756. The van der Waals surface area contributed by atoms with Gasteiger partial charge >= 0.3 is 0 Å². The molecular weight excluding hydrogens is 280 g/mol. The SMILES string of the molecule is COc1ccc(C/C(=C/c2ccccc2)c2ccccc2)cc1. The van der Waals surface area contributed by atoms with Crippen molar-refractivity contribution in [2.24, 2.45) is 0 Å². The molecule has 3 aromatic carbocycles. The fourth-order valence-corrected chi connectivity index (χ4v) is 2.60. The minimum absolute atomic E-state index is 0.891. The Labute approximate surface area is 137 Å². The van der Waals surface area contributed by atoms with Crippen LogP contribution in [0.4, 0.5) is 0 Å². The Morgan fingerprint density at radius 2 is 1.39 bits per heavy atom. The van der Waals surface area contributed by atoms with E-state index >= 15 is 0 Å². The topological polar surface area (TPSA) is 9.23 Å². The molecule has 0 aliphatic carbocycles. The number of hydrogen-bond acceptors (Lipinski definition) is 1. The molecule has 23 heavy (non-hydrogen) atoms. The molecule has 0 saturated heterocycles. The van der Waals surface area contributed by atoms with Crippen molar-refractivity contribution in [3.8, 4) is 5.75 Å². The highest BCUT2D eigenvalue weighted by Gasteiger charge is 2.04.